The summed E-state index contributed by atoms with van der Waals surface area (Å²) >= 11 is 6.16. The number of alkyl halides is 3. The van der Waals surface area contributed by atoms with Crippen molar-refractivity contribution in [3.8, 4) is 5.69 Å². The number of rotatable bonds is 4. The molecule has 2 N–H and O–H groups in total. The Morgan fingerprint density at radius 2 is 2.10 bits per heavy atom. The van der Waals surface area contributed by atoms with Gasteiger partial charge in [0.1, 0.15) is 0 Å². The molecule has 0 amide bonds. The summed E-state index contributed by atoms with van der Waals surface area (Å²) in [6.07, 6.45) is -1.23. The van der Waals surface area contributed by atoms with Gasteiger partial charge >= 0.3 is 6.18 Å². The van der Waals surface area contributed by atoms with Crippen LogP contribution in [0.1, 0.15) is 24.5 Å². The van der Waals surface area contributed by atoms with Crippen LogP contribution in [0.2, 0.25) is 5.02 Å². The molecule has 0 spiro atoms. The van der Waals surface area contributed by atoms with Crippen LogP contribution in [0.15, 0.2) is 30.6 Å². The van der Waals surface area contributed by atoms with Crippen molar-refractivity contribution in [3.63, 3.8) is 0 Å². The van der Waals surface area contributed by atoms with Crippen LogP contribution in [-0.4, -0.2) is 15.8 Å². The van der Waals surface area contributed by atoms with Gasteiger partial charge in [-0.3, -0.25) is 0 Å². The molecule has 1 atom stereocenters. The van der Waals surface area contributed by atoms with Crippen molar-refractivity contribution in [2.45, 2.75) is 32.0 Å². The zero-order valence-corrected chi connectivity index (χ0v) is 12.1. The molecule has 1 heterocycles. The van der Waals surface area contributed by atoms with E-state index in [1.807, 2.05) is 6.92 Å². The first-order chi connectivity index (χ1) is 9.81. The number of aromatic nitrogens is 2. The number of hydrogen-bond acceptors (Lipinski definition) is 2. The highest BCUT2D eigenvalue weighted by Gasteiger charge is 2.32. The second-order valence-electron chi connectivity index (χ2n) is 4.82. The monoisotopic (exact) mass is 317 g/mol. The minimum Gasteiger partial charge on any atom is -0.327 e. The van der Waals surface area contributed by atoms with Gasteiger partial charge < -0.3 is 5.73 Å². The molecule has 0 saturated carbocycles. The summed E-state index contributed by atoms with van der Waals surface area (Å²) in [6, 6.07) is 5.04. The van der Waals surface area contributed by atoms with Gasteiger partial charge in [0.05, 0.1) is 17.4 Å². The van der Waals surface area contributed by atoms with Crippen LogP contribution in [-0.2, 0) is 12.6 Å². The van der Waals surface area contributed by atoms with Gasteiger partial charge in [-0.1, -0.05) is 24.6 Å². The fourth-order valence-corrected chi connectivity index (χ4v) is 2.13. The molecule has 2 rings (SSSR count). The lowest BCUT2D eigenvalue weighted by molar-refractivity contribution is -0.137. The molecular formula is C14H15ClF3N3. The van der Waals surface area contributed by atoms with Gasteiger partial charge in [0.15, 0.2) is 0 Å². The minimum atomic E-state index is -4.41. The largest absolute Gasteiger partial charge is 0.419 e. The standard InChI is InChI=1S/C14H15ClF3N3/c1-2-11(19)5-9-3-4-12(6-13(9)15)21-8-10(7-20-21)14(16,17)18/h3-4,6-8,11H,2,5,19H2,1H3. The second-order valence-corrected chi connectivity index (χ2v) is 5.23. The number of halogens is 4. The Balaban J connectivity index is 2.26. The first-order valence-corrected chi connectivity index (χ1v) is 6.85. The Kier molecular flexibility index (Phi) is 4.58. The van der Waals surface area contributed by atoms with Crippen molar-refractivity contribution in [1.29, 1.82) is 0 Å². The average molecular weight is 318 g/mol. The van der Waals surface area contributed by atoms with Crippen LogP contribution in [0.4, 0.5) is 13.2 Å². The molecule has 0 aliphatic heterocycles. The summed E-state index contributed by atoms with van der Waals surface area (Å²) in [6.45, 7) is 1.98. The molecule has 3 nitrogen and oxygen atoms in total. The maximum Gasteiger partial charge on any atom is 0.419 e. The molecule has 1 unspecified atom stereocenters. The summed E-state index contributed by atoms with van der Waals surface area (Å²) in [5.41, 5.74) is 6.43. The third-order valence-electron chi connectivity index (χ3n) is 3.22. The third kappa shape index (κ3) is 3.77. The fourth-order valence-electron chi connectivity index (χ4n) is 1.88. The zero-order valence-electron chi connectivity index (χ0n) is 11.4. The van der Waals surface area contributed by atoms with E-state index in [0.29, 0.717) is 17.1 Å². The smallest absolute Gasteiger partial charge is 0.327 e. The van der Waals surface area contributed by atoms with Crippen molar-refractivity contribution in [2.75, 3.05) is 0 Å². The summed E-state index contributed by atoms with van der Waals surface area (Å²) in [5.74, 6) is 0. The molecule has 0 aliphatic rings. The van der Waals surface area contributed by atoms with E-state index in [2.05, 4.69) is 5.10 Å². The molecule has 0 fully saturated rings. The van der Waals surface area contributed by atoms with Gasteiger partial charge in [-0.25, -0.2) is 4.68 Å². The Morgan fingerprint density at radius 1 is 1.38 bits per heavy atom. The molecule has 21 heavy (non-hydrogen) atoms. The van der Waals surface area contributed by atoms with Crippen molar-refractivity contribution in [2.24, 2.45) is 5.73 Å². The lowest BCUT2D eigenvalue weighted by Gasteiger charge is -2.11. The normalized spacial score (nSPS) is 13.4. The summed E-state index contributed by atoms with van der Waals surface area (Å²) in [7, 11) is 0. The summed E-state index contributed by atoms with van der Waals surface area (Å²) in [5, 5.41) is 4.19. The van der Waals surface area contributed by atoms with Gasteiger partial charge in [-0.2, -0.15) is 18.3 Å². The number of nitrogens with zero attached hydrogens (tertiary/aromatic N) is 2. The first-order valence-electron chi connectivity index (χ1n) is 6.47. The Bertz CT molecular complexity index is 622. The topological polar surface area (TPSA) is 43.8 Å². The van der Waals surface area contributed by atoms with Crippen molar-refractivity contribution >= 4 is 11.6 Å². The molecule has 2 aromatic rings. The minimum absolute atomic E-state index is 0.00915. The highest BCUT2D eigenvalue weighted by Crippen LogP contribution is 2.29. The molecule has 7 heteroatoms. The average Bonchev–Trinajstić information content (AvgIpc) is 2.90. The van der Waals surface area contributed by atoms with E-state index >= 15 is 0 Å². The van der Waals surface area contributed by atoms with Gasteiger partial charge in [0, 0.05) is 17.3 Å². The van der Waals surface area contributed by atoms with Gasteiger partial charge in [-0.05, 0) is 30.5 Å². The third-order valence-corrected chi connectivity index (χ3v) is 3.57. The predicted octanol–water partition coefficient (Wildman–Crippen LogP) is 3.82. The van der Waals surface area contributed by atoms with E-state index in [1.165, 1.54) is 0 Å². The maximum absolute atomic E-state index is 12.5. The lowest BCUT2D eigenvalue weighted by atomic mass is 10.0. The fraction of sp³-hybridized carbons (Fsp3) is 0.357. The Labute approximate surface area is 125 Å². The SMILES string of the molecule is CCC(N)Cc1ccc(-n2cc(C(F)(F)F)cn2)cc1Cl. The van der Waals surface area contributed by atoms with Crippen LogP contribution in [0.3, 0.4) is 0 Å². The molecule has 0 aliphatic carbocycles. The molecule has 0 saturated heterocycles. The highest BCUT2D eigenvalue weighted by atomic mass is 35.5. The van der Waals surface area contributed by atoms with Gasteiger partial charge in [0.2, 0.25) is 0 Å². The quantitative estimate of drug-likeness (QED) is 0.931. The summed E-state index contributed by atoms with van der Waals surface area (Å²) in [4.78, 5) is 0. The first kappa shape index (κ1) is 15.9. The van der Waals surface area contributed by atoms with Crippen LogP contribution in [0.25, 0.3) is 5.69 Å². The molecule has 114 valence electrons. The van der Waals surface area contributed by atoms with E-state index in [9.17, 15) is 13.2 Å². The highest BCUT2D eigenvalue weighted by molar-refractivity contribution is 6.31. The molecule has 0 bridgehead atoms. The second kappa shape index (κ2) is 6.07. The number of benzene rings is 1. The molecule has 0 radical (unpaired) electrons. The van der Waals surface area contributed by atoms with Crippen LogP contribution < -0.4 is 5.73 Å². The van der Waals surface area contributed by atoms with E-state index in [1.54, 1.807) is 18.2 Å². The Hall–Kier alpha value is -1.53. The lowest BCUT2D eigenvalue weighted by Crippen LogP contribution is -2.21. The zero-order chi connectivity index (χ0) is 15.6. The van der Waals surface area contributed by atoms with Crippen molar-refractivity contribution in [3.05, 3.63) is 46.7 Å². The predicted molar refractivity (Wildman–Crippen MR) is 75.5 cm³/mol. The van der Waals surface area contributed by atoms with E-state index in [4.69, 9.17) is 17.3 Å². The van der Waals surface area contributed by atoms with Crippen LogP contribution >= 0.6 is 11.6 Å². The van der Waals surface area contributed by atoms with Gasteiger partial charge in [0.25, 0.3) is 0 Å². The van der Waals surface area contributed by atoms with Gasteiger partial charge in [-0.15, -0.1) is 0 Å². The molecule has 1 aromatic carbocycles. The van der Waals surface area contributed by atoms with Crippen LogP contribution in [0, 0.1) is 0 Å². The Morgan fingerprint density at radius 3 is 2.62 bits per heavy atom. The van der Waals surface area contributed by atoms with E-state index in [-0.39, 0.29) is 6.04 Å². The number of hydrogen-bond donors (Lipinski definition) is 1. The van der Waals surface area contributed by atoms with Crippen molar-refractivity contribution < 1.29 is 13.2 Å². The maximum atomic E-state index is 12.5. The summed E-state index contributed by atoms with van der Waals surface area (Å²) < 4.78 is 38.8. The van der Waals surface area contributed by atoms with Crippen molar-refractivity contribution in [1.82, 2.24) is 9.78 Å². The van der Waals surface area contributed by atoms with Crippen LogP contribution in [0.5, 0.6) is 0 Å². The van der Waals surface area contributed by atoms with E-state index < -0.39 is 11.7 Å². The molecular weight excluding hydrogens is 303 g/mol. The molecule has 1 aromatic heterocycles. The van der Waals surface area contributed by atoms with E-state index in [0.717, 1.165) is 29.1 Å². The number of nitrogens with two attached hydrogens (primary N) is 1.